The normalized spacial score (nSPS) is 11.9. The Morgan fingerprint density at radius 2 is 1.71 bits per heavy atom. The van der Waals surface area contributed by atoms with Crippen molar-refractivity contribution in [1.29, 1.82) is 0 Å². The molecule has 0 saturated carbocycles. The molecule has 0 aliphatic heterocycles. The van der Waals surface area contributed by atoms with Gasteiger partial charge in [0.05, 0.1) is 11.2 Å². The number of aryl methyl sites for hydroxylation is 1. The molecule has 0 aliphatic carbocycles. The third kappa shape index (κ3) is 2.60. The second-order valence-corrected chi connectivity index (χ2v) is 7.43. The van der Waals surface area contributed by atoms with Crippen LogP contribution in [0.1, 0.15) is 5.56 Å². The van der Waals surface area contributed by atoms with Gasteiger partial charge in [0.25, 0.3) is 19.7 Å². The second-order valence-electron chi connectivity index (χ2n) is 3.41. The smallest absolute Gasteiger partial charge is 0.359 e. The Balaban J connectivity index is 3.63. The minimum absolute atomic E-state index is 0.196. The van der Waals surface area contributed by atoms with Gasteiger partial charge in [-0.15, -0.1) is 4.79 Å². The van der Waals surface area contributed by atoms with Crippen LogP contribution in [0.5, 0.6) is 0 Å². The molecule has 0 saturated heterocycles. The largest absolute Gasteiger partial charge is 0.499 e. The van der Waals surface area contributed by atoms with Crippen LogP contribution >= 0.6 is 0 Å². The molecule has 6 nitrogen and oxygen atoms in total. The summed E-state index contributed by atoms with van der Waals surface area (Å²) in [5, 5.41) is 0. The molecule has 0 amide bonds. The molecule has 1 aromatic rings. The molecule has 0 spiro atoms. The highest BCUT2D eigenvalue weighted by Crippen LogP contribution is 2.18. The molecular weight excluding hydrogens is 264 g/mol. The van der Waals surface area contributed by atoms with Crippen molar-refractivity contribution in [2.45, 2.75) is 11.8 Å². The summed E-state index contributed by atoms with van der Waals surface area (Å²) in [7, 11) is -8.45. The number of rotatable bonds is 1. The number of benzene rings is 1. The van der Waals surface area contributed by atoms with Crippen molar-refractivity contribution in [3.8, 4) is 0 Å². The zero-order valence-electron chi connectivity index (χ0n) is 9.15. The lowest BCUT2D eigenvalue weighted by Gasteiger charge is -2.02. The molecule has 0 fully saturated rings. The van der Waals surface area contributed by atoms with E-state index in [-0.39, 0.29) is 4.90 Å². The Labute approximate surface area is 99.4 Å². The summed E-state index contributed by atoms with van der Waals surface area (Å²) in [6.07, 6.45) is 0.665. The predicted octanol–water partition coefficient (Wildman–Crippen LogP) is 0.399. The minimum atomic E-state index is -4.33. The van der Waals surface area contributed by atoms with Crippen molar-refractivity contribution >= 4 is 24.1 Å². The van der Waals surface area contributed by atoms with Crippen molar-refractivity contribution < 1.29 is 21.6 Å². The Bertz CT molecular complexity index is 698. The number of sulfone groups is 2. The molecule has 0 heterocycles. The molecule has 17 heavy (non-hydrogen) atoms. The van der Waals surface area contributed by atoms with Crippen LogP contribution in [0.4, 0.5) is 0 Å². The second kappa shape index (κ2) is 4.40. The molecular formula is C9H10N2O4S2. The van der Waals surface area contributed by atoms with Gasteiger partial charge in [-0.2, -0.15) is 0 Å². The van der Waals surface area contributed by atoms with Crippen LogP contribution in [0.2, 0.25) is 0 Å². The molecule has 8 heteroatoms. The molecule has 0 N–H and O–H groups in total. The molecule has 1 rings (SSSR count). The van der Waals surface area contributed by atoms with Crippen LogP contribution in [0, 0.1) is 6.92 Å². The van der Waals surface area contributed by atoms with E-state index >= 15 is 0 Å². The quantitative estimate of drug-likeness (QED) is 0.320. The first-order valence-corrected chi connectivity index (χ1v) is 7.81. The van der Waals surface area contributed by atoms with Gasteiger partial charge in [-0.25, -0.2) is 16.8 Å². The van der Waals surface area contributed by atoms with Crippen molar-refractivity contribution in [1.82, 2.24) is 0 Å². The minimum Gasteiger partial charge on any atom is -0.359 e. The van der Waals surface area contributed by atoms with Crippen molar-refractivity contribution in [3.63, 3.8) is 0 Å². The fraction of sp³-hybridized carbons (Fsp3) is 0.222. The highest BCUT2D eigenvalue weighted by Gasteiger charge is 2.40. The molecule has 92 valence electrons. The van der Waals surface area contributed by atoms with Gasteiger partial charge in [0.1, 0.15) is 0 Å². The summed E-state index contributed by atoms with van der Waals surface area (Å²) >= 11 is 0. The van der Waals surface area contributed by atoms with E-state index in [0.717, 1.165) is 0 Å². The highest BCUT2D eigenvalue weighted by atomic mass is 32.3. The van der Waals surface area contributed by atoms with Crippen molar-refractivity contribution in [3.05, 3.63) is 35.4 Å². The Hall–Kier alpha value is -1.50. The highest BCUT2D eigenvalue weighted by molar-refractivity contribution is 8.30. The molecule has 0 atom stereocenters. The van der Waals surface area contributed by atoms with Crippen LogP contribution in [-0.4, -0.2) is 32.3 Å². The maximum Gasteiger partial charge on any atom is 0.499 e. The van der Waals surface area contributed by atoms with E-state index in [1.165, 1.54) is 25.1 Å². The third-order valence-corrected chi connectivity index (χ3v) is 5.87. The molecule has 0 bridgehead atoms. The van der Waals surface area contributed by atoms with Crippen LogP contribution in [0.15, 0.2) is 29.2 Å². The standard InChI is InChI=1S/C9H10N2O4S2/c1-7-5-3-4-6-8(7)17(14,15)9(11-10)16(2,12)13/h3-6H,1-2H3. The van der Waals surface area contributed by atoms with Gasteiger partial charge in [0.15, 0.2) is 0 Å². The van der Waals surface area contributed by atoms with E-state index in [1.807, 2.05) is 0 Å². The van der Waals surface area contributed by atoms with Crippen molar-refractivity contribution in [2.24, 2.45) is 0 Å². The molecule has 0 unspecified atom stereocenters. The fourth-order valence-corrected chi connectivity index (χ4v) is 4.34. The summed E-state index contributed by atoms with van der Waals surface area (Å²) < 4.78 is 45.1. The Morgan fingerprint density at radius 1 is 1.18 bits per heavy atom. The first kappa shape index (κ1) is 13.6. The molecule has 0 aliphatic rings. The van der Waals surface area contributed by atoms with Gasteiger partial charge in [0.2, 0.25) is 0 Å². The predicted molar refractivity (Wildman–Crippen MR) is 61.8 cm³/mol. The molecule has 0 aromatic heterocycles. The summed E-state index contributed by atoms with van der Waals surface area (Å²) in [4.78, 5) is 2.19. The average Bonchev–Trinajstić information content (AvgIpc) is 2.16. The SMILES string of the molecule is Cc1ccccc1S(=O)(=O)C(=[N+]=[N-])S(C)(=O)=O. The van der Waals surface area contributed by atoms with E-state index in [0.29, 0.717) is 11.8 Å². The fourth-order valence-electron chi connectivity index (χ4n) is 1.28. The Morgan fingerprint density at radius 3 is 2.12 bits per heavy atom. The average molecular weight is 274 g/mol. The number of hydrogen-bond acceptors (Lipinski definition) is 4. The summed E-state index contributed by atoms with van der Waals surface area (Å²) in [5.41, 5.74) is 8.95. The van der Waals surface area contributed by atoms with Crippen LogP contribution in [0.3, 0.4) is 0 Å². The summed E-state index contributed by atoms with van der Waals surface area (Å²) in [5.74, 6) is 0. The number of hydrogen-bond donors (Lipinski definition) is 0. The lowest BCUT2D eigenvalue weighted by Crippen LogP contribution is -2.25. The summed E-state index contributed by atoms with van der Waals surface area (Å²) in [6.45, 7) is 1.52. The van der Waals surface area contributed by atoms with Gasteiger partial charge in [-0.3, -0.25) is 0 Å². The number of nitrogens with zero attached hydrogens (tertiary/aromatic N) is 2. The van der Waals surface area contributed by atoms with Gasteiger partial charge < -0.3 is 5.53 Å². The van der Waals surface area contributed by atoms with Crippen LogP contribution in [0.25, 0.3) is 5.53 Å². The zero-order chi connectivity index (χ0) is 13.3. The monoisotopic (exact) mass is 274 g/mol. The first-order chi connectivity index (χ1) is 7.71. The third-order valence-electron chi connectivity index (χ3n) is 2.01. The lowest BCUT2D eigenvalue weighted by molar-refractivity contribution is 0.00385. The van der Waals surface area contributed by atoms with Crippen LogP contribution < -0.4 is 0 Å². The van der Waals surface area contributed by atoms with E-state index < -0.39 is 24.1 Å². The van der Waals surface area contributed by atoms with E-state index in [2.05, 4.69) is 4.79 Å². The van der Waals surface area contributed by atoms with Gasteiger partial charge in [0, 0.05) is 0 Å². The van der Waals surface area contributed by atoms with Gasteiger partial charge in [-0.05, 0) is 18.6 Å². The van der Waals surface area contributed by atoms with Crippen molar-refractivity contribution in [2.75, 3.05) is 6.26 Å². The topological polar surface area (TPSA) is 105 Å². The maximum atomic E-state index is 12.0. The van der Waals surface area contributed by atoms with Gasteiger partial charge >= 0.3 is 4.38 Å². The lowest BCUT2D eigenvalue weighted by atomic mass is 10.2. The maximum absolute atomic E-state index is 12.0. The van der Waals surface area contributed by atoms with Gasteiger partial charge in [-0.1, -0.05) is 18.2 Å². The molecule has 0 radical (unpaired) electrons. The molecule has 1 aromatic carbocycles. The Kier molecular flexibility index (Phi) is 3.51. The van der Waals surface area contributed by atoms with E-state index in [9.17, 15) is 16.8 Å². The first-order valence-electron chi connectivity index (χ1n) is 4.44. The zero-order valence-corrected chi connectivity index (χ0v) is 10.8. The van der Waals surface area contributed by atoms with E-state index in [1.54, 1.807) is 6.07 Å². The van der Waals surface area contributed by atoms with E-state index in [4.69, 9.17) is 5.53 Å². The summed E-state index contributed by atoms with van der Waals surface area (Å²) in [6, 6.07) is 5.84. The van der Waals surface area contributed by atoms with Crippen LogP contribution in [-0.2, 0) is 19.7 Å².